The van der Waals surface area contributed by atoms with Crippen LogP contribution in [0.5, 0.6) is 0 Å². The second kappa shape index (κ2) is 8.98. The molecule has 0 saturated carbocycles. The summed E-state index contributed by atoms with van der Waals surface area (Å²) in [6.07, 6.45) is 1.23. The van der Waals surface area contributed by atoms with Crippen LogP contribution < -0.4 is 10.8 Å². The van der Waals surface area contributed by atoms with E-state index in [0.29, 0.717) is 12.8 Å². The van der Waals surface area contributed by atoms with Crippen LogP contribution in [0, 0.1) is 11.6 Å². The molecule has 0 bridgehead atoms. The van der Waals surface area contributed by atoms with Gasteiger partial charge in [0.25, 0.3) is 0 Å². The number of ether oxygens (including phenoxy) is 1. The van der Waals surface area contributed by atoms with Gasteiger partial charge in [-0.05, 0) is 25.0 Å². The number of hydrogen-bond acceptors (Lipinski definition) is 4. The van der Waals surface area contributed by atoms with Crippen LogP contribution in [0.25, 0.3) is 0 Å². The van der Waals surface area contributed by atoms with E-state index in [1.54, 1.807) is 0 Å². The Labute approximate surface area is 120 Å². The minimum atomic E-state index is -1.05. The monoisotopic (exact) mass is 302 g/mol. The van der Waals surface area contributed by atoms with Gasteiger partial charge in [-0.15, -0.1) is 0 Å². The van der Waals surface area contributed by atoms with Crippen molar-refractivity contribution in [3.63, 3.8) is 0 Å². The minimum Gasteiger partial charge on any atom is -0.372 e. The smallest absolute Gasteiger partial charge is 0.250 e. The van der Waals surface area contributed by atoms with E-state index >= 15 is 0 Å². The molecule has 1 rings (SSSR count). The van der Waals surface area contributed by atoms with Crippen LogP contribution in [-0.2, 0) is 14.3 Å². The molecule has 0 atom stereocenters. The number of carbonyl (C=O) groups excluding carboxylic acids is 2. The van der Waals surface area contributed by atoms with E-state index in [1.807, 2.05) is 0 Å². The first-order valence-corrected chi connectivity index (χ1v) is 6.28. The molecular weight excluding hydrogens is 286 g/mol. The predicted molar refractivity (Wildman–Crippen MR) is 69.6 cm³/mol. The first-order chi connectivity index (χ1) is 10.0. The summed E-state index contributed by atoms with van der Waals surface area (Å²) in [5.74, 6) is -3.01. The van der Waals surface area contributed by atoms with E-state index in [1.165, 1.54) is 11.5 Å². The normalized spacial score (nSPS) is 10.2. The fourth-order valence-electron chi connectivity index (χ4n) is 1.48. The summed E-state index contributed by atoms with van der Waals surface area (Å²) in [6, 6.07) is 3.03. The second-order valence-electron chi connectivity index (χ2n) is 4.22. The highest BCUT2D eigenvalue weighted by atomic mass is 19.2. The summed E-state index contributed by atoms with van der Waals surface area (Å²) in [6.45, 7) is 0.0368. The van der Waals surface area contributed by atoms with Crippen LogP contribution in [0.15, 0.2) is 18.2 Å². The maximum atomic E-state index is 12.9. The molecular formula is C13H16F2N2O4. The van der Waals surface area contributed by atoms with Gasteiger partial charge in [-0.1, -0.05) is 0 Å². The van der Waals surface area contributed by atoms with Gasteiger partial charge in [-0.3, -0.25) is 14.8 Å². The van der Waals surface area contributed by atoms with Gasteiger partial charge in [-0.25, -0.2) is 14.3 Å². The van der Waals surface area contributed by atoms with E-state index in [0.717, 1.165) is 12.1 Å². The number of unbranched alkanes of at least 4 members (excludes halogenated alkanes) is 1. The SMILES string of the molecule is O=C(CCCCOCC(=O)Nc1ccc(F)c(F)c1)NO. The summed E-state index contributed by atoms with van der Waals surface area (Å²) < 4.78 is 30.7. The Kier molecular flexibility index (Phi) is 7.27. The summed E-state index contributed by atoms with van der Waals surface area (Å²) >= 11 is 0. The Balaban J connectivity index is 2.16. The molecule has 0 spiro atoms. The molecule has 0 unspecified atom stereocenters. The van der Waals surface area contributed by atoms with Gasteiger partial charge in [0.2, 0.25) is 11.8 Å². The number of benzene rings is 1. The zero-order valence-electron chi connectivity index (χ0n) is 11.2. The Morgan fingerprint density at radius 2 is 1.90 bits per heavy atom. The maximum absolute atomic E-state index is 12.9. The second-order valence-corrected chi connectivity index (χ2v) is 4.22. The number of rotatable bonds is 8. The van der Waals surface area contributed by atoms with Crippen molar-refractivity contribution >= 4 is 17.5 Å². The molecule has 116 valence electrons. The summed E-state index contributed by atoms with van der Waals surface area (Å²) in [5.41, 5.74) is 1.65. The van der Waals surface area contributed by atoms with Gasteiger partial charge in [-0.2, -0.15) is 0 Å². The Morgan fingerprint density at radius 3 is 2.57 bits per heavy atom. The lowest BCUT2D eigenvalue weighted by atomic mass is 10.2. The molecule has 0 aliphatic carbocycles. The molecule has 0 radical (unpaired) electrons. The molecule has 2 amide bonds. The fourth-order valence-corrected chi connectivity index (χ4v) is 1.48. The van der Waals surface area contributed by atoms with E-state index in [4.69, 9.17) is 9.94 Å². The van der Waals surface area contributed by atoms with Crippen LogP contribution in [0.4, 0.5) is 14.5 Å². The zero-order valence-corrected chi connectivity index (χ0v) is 11.2. The molecule has 8 heteroatoms. The standard InChI is InChI=1S/C13H16F2N2O4/c14-10-5-4-9(7-11(10)15)16-13(19)8-21-6-2-1-3-12(18)17-20/h4-5,7,20H,1-3,6,8H2,(H,16,19)(H,17,18). The van der Waals surface area contributed by atoms with E-state index in [9.17, 15) is 18.4 Å². The molecule has 1 aromatic rings. The average molecular weight is 302 g/mol. The first-order valence-electron chi connectivity index (χ1n) is 6.28. The van der Waals surface area contributed by atoms with Crippen molar-refractivity contribution in [2.24, 2.45) is 0 Å². The molecule has 0 fully saturated rings. The number of carbonyl (C=O) groups is 2. The number of hydroxylamine groups is 1. The van der Waals surface area contributed by atoms with Crippen molar-refractivity contribution < 1.29 is 28.3 Å². The van der Waals surface area contributed by atoms with Crippen molar-refractivity contribution in [1.82, 2.24) is 5.48 Å². The molecule has 0 heterocycles. The van der Waals surface area contributed by atoms with Crippen molar-refractivity contribution in [2.45, 2.75) is 19.3 Å². The molecule has 1 aromatic carbocycles. The largest absolute Gasteiger partial charge is 0.372 e. The molecule has 0 saturated heterocycles. The highest BCUT2D eigenvalue weighted by Gasteiger charge is 2.06. The van der Waals surface area contributed by atoms with E-state index < -0.39 is 23.4 Å². The summed E-state index contributed by atoms with van der Waals surface area (Å²) in [4.78, 5) is 22.1. The van der Waals surface area contributed by atoms with Gasteiger partial charge in [0.05, 0.1) is 0 Å². The van der Waals surface area contributed by atoms with E-state index in [-0.39, 0.29) is 25.3 Å². The highest BCUT2D eigenvalue weighted by Crippen LogP contribution is 2.12. The van der Waals surface area contributed by atoms with Crippen molar-refractivity contribution in [1.29, 1.82) is 0 Å². The van der Waals surface area contributed by atoms with Gasteiger partial charge >= 0.3 is 0 Å². The number of halogens is 2. The predicted octanol–water partition coefficient (Wildman–Crippen LogP) is 1.60. The molecule has 21 heavy (non-hydrogen) atoms. The van der Waals surface area contributed by atoms with Crippen LogP contribution in [0.1, 0.15) is 19.3 Å². The quantitative estimate of drug-likeness (QED) is 0.387. The van der Waals surface area contributed by atoms with E-state index in [2.05, 4.69) is 5.32 Å². The third-order valence-electron chi connectivity index (χ3n) is 2.50. The molecule has 0 aromatic heterocycles. The third-order valence-corrected chi connectivity index (χ3v) is 2.50. The molecule has 0 aliphatic rings. The van der Waals surface area contributed by atoms with Crippen LogP contribution in [0.3, 0.4) is 0 Å². The minimum absolute atomic E-state index is 0.141. The van der Waals surface area contributed by atoms with Crippen LogP contribution in [-0.4, -0.2) is 30.2 Å². The Bertz CT molecular complexity index is 497. The summed E-state index contributed by atoms with van der Waals surface area (Å²) in [5, 5.41) is 10.6. The number of amides is 2. The van der Waals surface area contributed by atoms with Crippen molar-refractivity contribution in [3.8, 4) is 0 Å². The maximum Gasteiger partial charge on any atom is 0.250 e. The van der Waals surface area contributed by atoms with Gasteiger partial charge < -0.3 is 10.1 Å². The number of hydrogen-bond donors (Lipinski definition) is 3. The summed E-state index contributed by atoms with van der Waals surface area (Å²) in [7, 11) is 0. The van der Waals surface area contributed by atoms with Gasteiger partial charge in [0.1, 0.15) is 6.61 Å². The molecule has 3 N–H and O–H groups in total. The topological polar surface area (TPSA) is 87.7 Å². The number of anilines is 1. The lowest BCUT2D eigenvalue weighted by Crippen LogP contribution is -2.19. The van der Waals surface area contributed by atoms with Crippen molar-refractivity contribution in [3.05, 3.63) is 29.8 Å². The Morgan fingerprint density at radius 1 is 1.14 bits per heavy atom. The lowest BCUT2D eigenvalue weighted by Gasteiger charge is -2.06. The van der Waals surface area contributed by atoms with Crippen LogP contribution in [0.2, 0.25) is 0 Å². The van der Waals surface area contributed by atoms with Gasteiger partial charge in [0, 0.05) is 24.8 Å². The first kappa shape index (κ1) is 17.0. The zero-order chi connectivity index (χ0) is 15.7. The highest BCUT2D eigenvalue weighted by molar-refractivity contribution is 5.91. The average Bonchev–Trinajstić information content (AvgIpc) is 2.46. The van der Waals surface area contributed by atoms with Crippen LogP contribution >= 0.6 is 0 Å². The third kappa shape index (κ3) is 6.77. The molecule has 6 nitrogen and oxygen atoms in total. The van der Waals surface area contributed by atoms with Crippen molar-refractivity contribution in [2.75, 3.05) is 18.5 Å². The number of nitrogens with one attached hydrogen (secondary N) is 2. The fraction of sp³-hybridized carbons (Fsp3) is 0.385. The molecule has 0 aliphatic heterocycles. The Hall–Kier alpha value is -2.06. The lowest BCUT2D eigenvalue weighted by molar-refractivity contribution is -0.129. The van der Waals surface area contributed by atoms with Gasteiger partial charge in [0.15, 0.2) is 11.6 Å².